The van der Waals surface area contributed by atoms with Crippen LogP contribution in [0.15, 0.2) is 0 Å². The fourth-order valence-corrected chi connectivity index (χ4v) is 2.15. The highest BCUT2D eigenvalue weighted by atomic mass is 16.5. The lowest BCUT2D eigenvalue weighted by Crippen LogP contribution is -2.66. The van der Waals surface area contributed by atoms with Crippen LogP contribution in [0.2, 0.25) is 0 Å². The van der Waals surface area contributed by atoms with E-state index in [0.717, 1.165) is 0 Å². The van der Waals surface area contributed by atoms with Gasteiger partial charge in [-0.25, -0.2) is 0 Å². The Bertz CT molecular complexity index is 181. The van der Waals surface area contributed by atoms with Crippen LogP contribution in [-0.4, -0.2) is 45.3 Å². The van der Waals surface area contributed by atoms with Gasteiger partial charge in [-0.3, -0.25) is 0 Å². The molecule has 0 radical (unpaired) electrons. The van der Waals surface area contributed by atoms with Crippen molar-refractivity contribution in [1.29, 1.82) is 0 Å². The molecule has 3 aliphatic rings. The van der Waals surface area contributed by atoms with Gasteiger partial charge in [-0.1, -0.05) is 0 Å². The molecule has 2 saturated heterocycles. The molecule has 4 nitrogen and oxygen atoms in total. The molecule has 3 N–H and O–H groups in total. The van der Waals surface area contributed by atoms with Crippen LogP contribution >= 0.6 is 0 Å². The van der Waals surface area contributed by atoms with Gasteiger partial charge in [0.1, 0.15) is 5.60 Å². The number of aliphatic hydroxyl groups excluding tert-OH is 2. The molecule has 0 aromatic rings. The lowest BCUT2D eigenvalue weighted by atomic mass is 9.73. The summed E-state index contributed by atoms with van der Waals surface area (Å²) in [7, 11) is 0. The van der Waals surface area contributed by atoms with E-state index in [9.17, 15) is 15.3 Å². The summed E-state index contributed by atoms with van der Waals surface area (Å²) >= 11 is 0. The Balaban J connectivity index is 2.26. The summed E-state index contributed by atoms with van der Waals surface area (Å²) < 4.78 is 5.31. The minimum Gasteiger partial charge on any atom is -0.390 e. The summed E-state index contributed by atoms with van der Waals surface area (Å²) in [6, 6.07) is 0. The van der Waals surface area contributed by atoms with Crippen LogP contribution in [-0.2, 0) is 4.74 Å². The van der Waals surface area contributed by atoms with Gasteiger partial charge in [0, 0.05) is 12.8 Å². The van der Waals surface area contributed by atoms with E-state index in [1.165, 1.54) is 0 Å². The maximum atomic E-state index is 9.89. The van der Waals surface area contributed by atoms with Crippen LogP contribution in [0.4, 0.5) is 0 Å². The lowest BCUT2D eigenvalue weighted by Gasteiger charge is -2.52. The van der Waals surface area contributed by atoms with Crippen LogP contribution in [0.25, 0.3) is 0 Å². The Morgan fingerprint density at radius 2 is 2.08 bits per heavy atom. The van der Waals surface area contributed by atoms with Crippen LogP contribution in [0.1, 0.15) is 19.8 Å². The number of rotatable bonds is 0. The smallest absolute Gasteiger partial charge is 0.119 e. The molecule has 1 saturated carbocycles. The van der Waals surface area contributed by atoms with Crippen molar-refractivity contribution in [2.45, 2.75) is 49.8 Å². The molecule has 70 valence electrons. The van der Waals surface area contributed by atoms with Crippen molar-refractivity contribution in [2.75, 3.05) is 0 Å². The zero-order valence-corrected chi connectivity index (χ0v) is 6.97. The van der Waals surface area contributed by atoms with Gasteiger partial charge in [0.2, 0.25) is 0 Å². The molecular formula is C8H14O4. The molecule has 2 bridgehead atoms. The van der Waals surface area contributed by atoms with Crippen molar-refractivity contribution in [3.05, 3.63) is 0 Å². The Labute approximate surface area is 70.8 Å². The van der Waals surface area contributed by atoms with Gasteiger partial charge in [-0.2, -0.15) is 0 Å². The average molecular weight is 174 g/mol. The van der Waals surface area contributed by atoms with Gasteiger partial charge in [-0.05, 0) is 6.92 Å². The fourth-order valence-electron chi connectivity index (χ4n) is 2.15. The Kier molecular flexibility index (Phi) is 1.70. The first kappa shape index (κ1) is 8.44. The van der Waals surface area contributed by atoms with E-state index < -0.39 is 17.8 Å². The van der Waals surface area contributed by atoms with Crippen molar-refractivity contribution in [2.24, 2.45) is 0 Å². The van der Waals surface area contributed by atoms with E-state index in [0.29, 0.717) is 6.42 Å². The third kappa shape index (κ3) is 0.925. The Morgan fingerprint density at radius 1 is 1.42 bits per heavy atom. The molecule has 1 aliphatic carbocycles. The predicted molar refractivity (Wildman–Crippen MR) is 40.5 cm³/mol. The fraction of sp³-hybridized carbons (Fsp3) is 1.00. The highest BCUT2D eigenvalue weighted by Crippen LogP contribution is 2.40. The highest BCUT2D eigenvalue weighted by molar-refractivity contribution is 5.05. The third-order valence-electron chi connectivity index (χ3n) is 3.08. The van der Waals surface area contributed by atoms with E-state index in [2.05, 4.69) is 0 Å². The summed E-state index contributed by atoms with van der Waals surface area (Å²) in [5, 5.41) is 28.8. The first-order valence-corrected chi connectivity index (χ1v) is 4.28. The number of aliphatic hydroxyl groups is 3. The van der Waals surface area contributed by atoms with Gasteiger partial charge in [0.05, 0.1) is 24.4 Å². The van der Waals surface area contributed by atoms with Crippen LogP contribution in [0, 0.1) is 0 Å². The molecule has 3 rings (SSSR count). The van der Waals surface area contributed by atoms with Crippen molar-refractivity contribution >= 4 is 0 Å². The van der Waals surface area contributed by atoms with Crippen molar-refractivity contribution in [3.63, 3.8) is 0 Å². The number of hydrogen-bond acceptors (Lipinski definition) is 4. The molecular weight excluding hydrogens is 160 g/mol. The van der Waals surface area contributed by atoms with Gasteiger partial charge < -0.3 is 20.1 Å². The normalized spacial score (nSPS) is 59.0. The zero-order valence-electron chi connectivity index (χ0n) is 6.97. The quantitative estimate of drug-likeness (QED) is 0.441. The predicted octanol–water partition coefficient (Wildman–Crippen LogP) is -0.980. The van der Waals surface area contributed by atoms with Crippen LogP contribution in [0.5, 0.6) is 0 Å². The minimum absolute atomic E-state index is 0.222. The molecule has 2 heterocycles. The van der Waals surface area contributed by atoms with Crippen molar-refractivity contribution < 1.29 is 20.1 Å². The van der Waals surface area contributed by atoms with Crippen molar-refractivity contribution in [3.8, 4) is 0 Å². The molecule has 4 heteroatoms. The summed E-state index contributed by atoms with van der Waals surface area (Å²) in [6.07, 6.45) is -1.51. The first-order valence-electron chi connectivity index (χ1n) is 4.28. The minimum atomic E-state index is -1.24. The standard InChI is InChI=1S/C8H14O4/c1-4-8(11)3-5(9)6(12-4)2-7(8)10/h4-7,9-11H,2-3H2,1H3/t4?,5?,6-,7?,8+/m0/s1. The van der Waals surface area contributed by atoms with E-state index in [-0.39, 0.29) is 18.6 Å². The zero-order chi connectivity index (χ0) is 8.93. The second-order valence-corrected chi connectivity index (χ2v) is 3.83. The maximum absolute atomic E-state index is 9.89. The second-order valence-electron chi connectivity index (χ2n) is 3.83. The maximum Gasteiger partial charge on any atom is 0.119 e. The largest absolute Gasteiger partial charge is 0.390 e. The van der Waals surface area contributed by atoms with Gasteiger partial charge in [-0.15, -0.1) is 0 Å². The van der Waals surface area contributed by atoms with Gasteiger partial charge in [0.25, 0.3) is 0 Å². The molecule has 0 amide bonds. The van der Waals surface area contributed by atoms with E-state index in [1.54, 1.807) is 6.92 Å². The topological polar surface area (TPSA) is 69.9 Å². The Morgan fingerprint density at radius 3 is 2.58 bits per heavy atom. The summed E-state index contributed by atoms with van der Waals surface area (Å²) in [5.74, 6) is 0. The van der Waals surface area contributed by atoms with Crippen LogP contribution in [0.3, 0.4) is 0 Å². The molecule has 3 fully saturated rings. The van der Waals surface area contributed by atoms with Crippen molar-refractivity contribution in [1.82, 2.24) is 0 Å². The molecule has 2 aliphatic heterocycles. The molecule has 3 unspecified atom stereocenters. The van der Waals surface area contributed by atoms with E-state index in [1.807, 2.05) is 0 Å². The van der Waals surface area contributed by atoms with Crippen LogP contribution < -0.4 is 0 Å². The Hall–Kier alpha value is -0.160. The highest BCUT2D eigenvalue weighted by Gasteiger charge is 2.55. The number of ether oxygens (including phenoxy) is 1. The number of fused-ring (bicyclic) bond motifs is 3. The molecule has 0 spiro atoms. The second kappa shape index (κ2) is 2.42. The van der Waals surface area contributed by atoms with Gasteiger partial charge >= 0.3 is 0 Å². The molecule has 0 aromatic carbocycles. The summed E-state index contributed by atoms with van der Waals surface area (Å²) in [5.41, 5.74) is -1.24. The SMILES string of the molecule is CC1O[C@H]2CC(O)[C@@]1(O)CC2O. The molecule has 5 atom stereocenters. The third-order valence-corrected chi connectivity index (χ3v) is 3.08. The monoisotopic (exact) mass is 174 g/mol. The van der Waals surface area contributed by atoms with Gasteiger partial charge in [0.15, 0.2) is 0 Å². The summed E-state index contributed by atoms with van der Waals surface area (Å²) in [6.45, 7) is 1.72. The average Bonchev–Trinajstić information content (AvgIpc) is 1.97. The van der Waals surface area contributed by atoms with E-state index >= 15 is 0 Å². The van der Waals surface area contributed by atoms with E-state index in [4.69, 9.17) is 4.74 Å². The number of hydrogen-bond donors (Lipinski definition) is 3. The lowest BCUT2D eigenvalue weighted by molar-refractivity contribution is -0.287. The molecule has 12 heavy (non-hydrogen) atoms. The first-order chi connectivity index (χ1) is 5.54. The summed E-state index contributed by atoms with van der Waals surface area (Å²) in [4.78, 5) is 0. The molecule has 0 aromatic heterocycles.